The molecular formula is C12H17N3O4. The Balaban J connectivity index is 2.75. The summed E-state index contributed by atoms with van der Waals surface area (Å²) < 4.78 is 5.45. The first-order valence-electron chi connectivity index (χ1n) is 5.80. The molecule has 0 aliphatic carbocycles. The minimum atomic E-state index is -0.459. The minimum absolute atomic E-state index is 0.0405. The Hall–Kier alpha value is -2.31. The predicted octanol–water partition coefficient (Wildman–Crippen LogP) is 2.12. The molecule has 3 N–H and O–H groups in total. The van der Waals surface area contributed by atoms with E-state index in [1.165, 1.54) is 6.07 Å². The van der Waals surface area contributed by atoms with Crippen molar-refractivity contribution in [3.63, 3.8) is 0 Å². The number of nitro groups is 1. The van der Waals surface area contributed by atoms with Crippen molar-refractivity contribution in [3.8, 4) is 5.75 Å². The largest absolute Gasteiger partial charge is 0.487 e. The molecule has 0 fully saturated rings. The highest BCUT2D eigenvalue weighted by atomic mass is 16.6. The molecule has 1 aromatic rings. The normalized spacial score (nSPS) is 11.4. The quantitative estimate of drug-likeness (QED) is 0.205. The van der Waals surface area contributed by atoms with E-state index in [4.69, 9.17) is 15.7 Å². The summed E-state index contributed by atoms with van der Waals surface area (Å²) in [4.78, 5) is 10.5. The molecule has 0 unspecified atom stereocenters. The molecular weight excluding hydrogens is 250 g/mol. The zero-order valence-corrected chi connectivity index (χ0v) is 10.9. The van der Waals surface area contributed by atoms with Crippen LogP contribution in [0.3, 0.4) is 0 Å². The molecule has 0 heterocycles. The van der Waals surface area contributed by atoms with Gasteiger partial charge in [0.1, 0.15) is 5.84 Å². The number of oxime groups is 1. The first-order valence-corrected chi connectivity index (χ1v) is 5.80. The van der Waals surface area contributed by atoms with Gasteiger partial charge in [0.05, 0.1) is 11.5 Å². The van der Waals surface area contributed by atoms with Crippen molar-refractivity contribution in [1.29, 1.82) is 0 Å². The number of nitro benzene ring substituents is 1. The molecule has 7 heteroatoms. The van der Waals surface area contributed by atoms with Gasteiger partial charge in [-0.05, 0) is 31.4 Å². The Kier molecular flexibility index (Phi) is 5.11. The lowest BCUT2D eigenvalue weighted by molar-refractivity contribution is -0.386. The van der Waals surface area contributed by atoms with Gasteiger partial charge in [0.2, 0.25) is 0 Å². The summed E-state index contributed by atoms with van der Waals surface area (Å²) in [6.45, 7) is 3.82. The van der Waals surface area contributed by atoms with Crippen LogP contribution in [0.25, 0.3) is 0 Å². The smallest absolute Gasteiger partial charge is 0.311 e. The molecule has 7 nitrogen and oxygen atoms in total. The van der Waals surface area contributed by atoms with E-state index < -0.39 is 4.92 Å². The Bertz CT molecular complexity index is 500. The van der Waals surface area contributed by atoms with Gasteiger partial charge in [0.25, 0.3) is 0 Å². The standard InChI is InChI=1S/C12H17N3O4/c1-8-6-9(2)12(10(7-8)15(17)18)19-5-3-4-11(13)14-16/h6-7,16H,3-5H2,1-2H3,(H2,13,14). The molecule has 0 saturated carbocycles. The van der Waals surface area contributed by atoms with Gasteiger partial charge in [-0.25, -0.2) is 0 Å². The first-order chi connectivity index (χ1) is 8.95. The third-order valence-corrected chi connectivity index (χ3v) is 2.55. The van der Waals surface area contributed by atoms with Gasteiger partial charge < -0.3 is 15.7 Å². The second kappa shape index (κ2) is 6.58. The van der Waals surface area contributed by atoms with Gasteiger partial charge in [0, 0.05) is 12.5 Å². The van der Waals surface area contributed by atoms with E-state index in [1.54, 1.807) is 13.8 Å². The molecule has 0 aliphatic heterocycles. The lowest BCUT2D eigenvalue weighted by Crippen LogP contribution is -2.13. The van der Waals surface area contributed by atoms with E-state index in [0.717, 1.165) is 11.1 Å². The number of amidine groups is 1. The van der Waals surface area contributed by atoms with E-state index in [9.17, 15) is 10.1 Å². The van der Waals surface area contributed by atoms with E-state index in [0.29, 0.717) is 12.8 Å². The van der Waals surface area contributed by atoms with Crippen LogP contribution in [-0.4, -0.2) is 22.6 Å². The summed E-state index contributed by atoms with van der Waals surface area (Å²) in [5.74, 6) is 0.383. The molecule has 0 spiro atoms. The van der Waals surface area contributed by atoms with Crippen LogP contribution in [0.15, 0.2) is 17.3 Å². The molecule has 1 aromatic carbocycles. The molecule has 0 aromatic heterocycles. The van der Waals surface area contributed by atoms with Crippen LogP contribution in [0.4, 0.5) is 5.69 Å². The maximum absolute atomic E-state index is 11.0. The number of nitrogens with zero attached hydrogens (tertiary/aromatic N) is 2. The molecule has 104 valence electrons. The number of rotatable bonds is 6. The van der Waals surface area contributed by atoms with Crippen LogP contribution in [0.2, 0.25) is 0 Å². The highest BCUT2D eigenvalue weighted by molar-refractivity contribution is 5.79. The summed E-state index contributed by atoms with van der Waals surface area (Å²) in [5, 5.41) is 22.2. The summed E-state index contributed by atoms with van der Waals surface area (Å²) in [7, 11) is 0. The van der Waals surface area contributed by atoms with E-state index in [1.807, 2.05) is 6.07 Å². The van der Waals surface area contributed by atoms with Crippen molar-refractivity contribution >= 4 is 11.5 Å². The van der Waals surface area contributed by atoms with Crippen molar-refractivity contribution in [2.45, 2.75) is 26.7 Å². The van der Waals surface area contributed by atoms with Crippen molar-refractivity contribution in [3.05, 3.63) is 33.4 Å². The molecule has 0 amide bonds. The van der Waals surface area contributed by atoms with E-state index in [2.05, 4.69) is 5.16 Å². The zero-order valence-electron chi connectivity index (χ0n) is 10.9. The number of hydrogen-bond acceptors (Lipinski definition) is 5. The van der Waals surface area contributed by atoms with Crippen LogP contribution in [0.5, 0.6) is 5.75 Å². The third-order valence-electron chi connectivity index (χ3n) is 2.55. The van der Waals surface area contributed by atoms with Crippen LogP contribution >= 0.6 is 0 Å². The van der Waals surface area contributed by atoms with Crippen LogP contribution in [0.1, 0.15) is 24.0 Å². The van der Waals surface area contributed by atoms with Crippen molar-refractivity contribution in [1.82, 2.24) is 0 Å². The minimum Gasteiger partial charge on any atom is -0.487 e. The second-order valence-corrected chi connectivity index (χ2v) is 4.23. The number of hydrogen-bond donors (Lipinski definition) is 2. The fourth-order valence-corrected chi connectivity index (χ4v) is 1.73. The van der Waals surface area contributed by atoms with E-state index in [-0.39, 0.29) is 23.9 Å². The molecule has 19 heavy (non-hydrogen) atoms. The van der Waals surface area contributed by atoms with E-state index >= 15 is 0 Å². The van der Waals surface area contributed by atoms with Gasteiger partial charge >= 0.3 is 5.69 Å². The number of benzene rings is 1. The SMILES string of the molecule is Cc1cc(C)c(OCCC/C(N)=N/O)c([N+](=O)[O-])c1. The highest BCUT2D eigenvalue weighted by Crippen LogP contribution is 2.32. The molecule has 0 aliphatic rings. The maximum Gasteiger partial charge on any atom is 0.311 e. The van der Waals surface area contributed by atoms with Crippen molar-refractivity contribution in [2.75, 3.05) is 6.61 Å². The predicted molar refractivity (Wildman–Crippen MR) is 70.7 cm³/mol. The van der Waals surface area contributed by atoms with Crippen molar-refractivity contribution < 1.29 is 14.9 Å². The summed E-state index contributed by atoms with van der Waals surface area (Å²) >= 11 is 0. The first kappa shape index (κ1) is 14.7. The third kappa shape index (κ3) is 4.13. The number of ether oxygens (including phenoxy) is 1. The monoisotopic (exact) mass is 267 g/mol. The molecule has 0 atom stereocenters. The number of aryl methyl sites for hydroxylation is 2. The number of nitrogens with two attached hydrogens (primary N) is 1. The fraction of sp³-hybridized carbons (Fsp3) is 0.417. The van der Waals surface area contributed by atoms with Crippen LogP contribution in [0, 0.1) is 24.0 Å². The molecule has 0 radical (unpaired) electrons. The van der Waals surface area contributed by atoms with Gasteiger partial charge in [-0.2, -0.15) is 0 Å². The Morgan fingerprint density at radius 3 is 2.79 bits per heavy atom. The average molecular weight is 267 g/mol. The van der Waals surface area contributed by atoms with Crippen LogP contribution < -0.4 is 10.5 Å². The Morgan fingerprint density at radius 2 is 2.21 bits per heavy atom. The second-order valence-electron chi connectivity index (χ2n) is 4.23. The van der Waals surface area contributed by atoms with Gasteiger partial charge in [-0.1, -0.05) is 11.2 Å². The van der Waals surface area contributed by atoms with Crippen LogP contribution in [-0.2, 0) is 0 Å². The summed E-state index contributed by atoms with van der Waals surface area (Å²) in [6, 6.07) is 3.30. The van der Waals surface area contributed by atoms with Gasteiger partial charge in [0.15, 0.2) is 5.75 Å². The maximum atomic E-state index is 11.0. The Labute approximate surface area is 110 Å². The fourth-order valence-electron chi connectivity index (χ4n) is 1.73. The average Bonchev–Trinajstić information content (AvgIpc) is 2.35. The lowest BCUT2D eigenvalue weighted by Gasteiger charge is -2.10. The highest BCUT2D eigenvalue weighted by Gasteiger charge is 2.18. The lowest BCUT2D eigenvalue weighted by atomic mass is 10.1. The molecule has 1 rings (SSSR count). The zero-order chi connectivity index (χ0) is 14.4. The van der Waals surface area contributed by atoms with Gasteiger partial charge in [-0.15, -0.1) is 0 Å². The Morgan fingerprint density at radius 1 is 1.53 bits per heavy atom. The topological polar surface area (TPSA) is 111 Å². The summed E-state index contributed by atoms with van der Waals surface area (Å²) in [6.07, 6.45) is 0.884. The van der Waals surface area contributed by atoms with Gasteiger partial charge in [-0.3, -0.25) is 10.1 Å². The molecule has 0 bridgehead atoms. The summed E-state index contributed by atoms with van der Waals surface area (Å²) in [5.41, 5.74) is 6.81. The van der Waals surface area contributed by atoms with Crippen molar-refractivity contribution in [2.24, 2.45) is 10.9 Å². The molecule has 0 saturated heterocycles.